The van der Waals surface area contributed by atoms with Gasteiger partial charge >= 0.3 is 0 Å². The van der Waals surface area contributed by atoms with Gasteiger partial charge in [0.15, 0.2) is 0 Å². The first-order valence-electron chi connectivity index (χ1n) is 8.80. The van der Waals surface area contributed by atoms with Crippen molar-refractivity contribution >= 4 is 17.5 Å². The van der Waals surface area contributed by atoms with Gasteiger partial charge in [0.05, 0.1) is 0 Å². The largest absolute Gasteiger partial charge is 0.341 e. The van der Waals surface area contributed by atoms with Gasteiger partial charge in [-0.25, -0.2) is 0 Å². The van der Waals surface area contributed by atoms with Gasteiger partial charge in [-0.2, -0.15) is 0 Å². The number of likely N-dealkylation sites (N-methyl/N-ethyl adjacent to an activating group) is 1. The molecule has 2 amide bonds. The molecular formula is C19H27N3O2. The Labute approximate surface area is 144 Å². The second-order valence-electron chi connectivity index (χ2n) is 7.23. The Bertz CT molecular complexity index is 629. The number of anilines is 1. The van der Waals surface area contributed by atoms with E-state index in [1.807, 2.05) is 23.1 Å². The number of aryl methyl sites for hydroxylation is 1. The summed E-state index contributed by atoms with van der Waals surface area (Å²) in [5, 5.41) is 0. The minimum atomic E-state index is 0.127. The van der Waals surface area contributed by atoms with Crippen LogP contribution in [0, 0.1) is 5.92 Å². The molecule has 0 N–H and O–H groups in total. The van der Waals surface area contributed by atoms with E-state index < -0.39 is 0 Å². The lowest BCUT2D eigenvalue weighted by Crippen LogP contribution is -2.39. The van der Waals surface area contributed by atoms with Gasteiger partial charge in [-0.05, 0) is 38.1 Å². The van der Waals surface area contributed by atoms with Crippen LogP contribution in [-0.2, 0) is 16.0 Å². The van der Waals surface area contributed by atoms with Gasteiger partial charge in [0.1, 0.15) is 0 Å². The molecule has 1 fully saturated rings. The van der Waals surface area contributed by atoms with Crippen molar-refractivity contribution in [1.29, 1.82) is 0 Å². The zero-order valence-electron chi connectivity index (χ0n) is 14.9. The van der Waals surface area contributed by atoms with Crippen molar-refractivity contribution in [1.82, 2.24) is 9.80 Å². The molecule has 0 aromatic heterocycles. The number of amides is 2. The fraction of sp³-hybridized carbons (Fsp3) is 0.579. The van der Waals surface area contributed by atoms with E-state index in [9.17, 15) is 9.59 Å². The normalized spacial score (nSPS) is 23.8. The first kappa shape index (κ1) is 17.0. The second-order valence-corrected chi connectivity index (χ2v) is 7.23. The number of carbonyl (C=O) groups is 2. The van der Waals surface area contributed by atoms with Crippen molar-refractivity contribution in [2.75, 3.05) is 38.6 Å². The molecule has 0 saturated carbocycles. The predicted molar refractivity (Wildman–Crippen MR) is 95.0 cm³/mol. The third-order valence-corrected chi connectivity index (χ3v) is 5.33. The zero-order valence-corrected chi connectivity index (χ0v) is 14.9. The van der Waals surface area contributed by atoms with E-state index in [-0.39, 0.29) is 11.8 Å². The van der Waals surface area contributed by atoms with Gasteiger partial charge in [-0.15, -0.1) is 0 Å². The average Bonchev–Trinajstić information content (AvgIpc) is 2.96. The quantitative estimate of drug-likeness (QED) is 0.845. The van der Waals surface area contributed by atoms with Crippen LogP contribution in [0.2, 0.25) is 0 Å². The molecule has 130 valence electrons. The number of likely N-dealkylation sites (tertiary alicyclic amines) is 1. The summed E-state index contributed by atoms with van der Waals surface area (Å²) in [4.78, 5) is 30.8. The number of rotatable bonds is 4. The molecule has 2 heterocycles. The van der Waals surface area contributed by atoms with Gasteiger partial charge in [-0.1, -0.05) is 25.1 Å². The van der Waals surface area contributed by atoms with Crippen LogP contribution in [0.5, 0.6) is 0 Å². The molecule has 0 radical (unpaired) electrons. The molecule has 5 heteroatoms. The van der Waals surface area contributed by atoms with E-state index in [0.717, 1.165) is 25.2 Å². The maximum Gasteiger partial charge on any atom is 0.227 e. The van der Waals surface area contributed by atoms with E-state index >= 15 is 0 Å². The van der Waals surface area contributed by atoms with Crippen LogP contribution < -0.4 is 4.90 Å². The summed E-state index contributed by atoms with van der Waals surface area (Å²) in [5.41, 5.74) is 2.18. The molecule has 2 aliphatic rings. The van der Waals surface area contributed by atoms with E-state index in [1.165, 1.54) is 5.56 Å². The fourth-order valence-electron chi connectivity index (χ4n) is 3.93. The van der Waals surface area contributed by atoms with Crippen molar-refractivity contribution in [3.8, 4) is 0 Å². The number of hydrogen-bond acceptors (Lipinski definition) is 3. The third kappa shape index (κ3) is 3.31. The highest BCUT2D eigenvalue weighted by atomic mass is 16.2. The molecule has 0 aliphatic carbocycles. The molecular weight excluding hydrogens is 302 g/mol. The monoisotopic (exact) mass is 329 g/mol. The van der Waals surface area contributed by atoms with Crippen LogP contribution in [-0.4, -0.2) is 61.4 Å². The molecule has 2 atom stereocenters. The van der Waals surface area contributed by atoms with Crippen LogP contribution in [0.25, 0.3) is 0 Å². The van der Waals surface area contributed by atoms with E-state index in [2.05, 4.69) is 32.0 Å². The Balaban J connectivity index is 1.62. The van der Waals surface area contributed by atoms with E-state index in [0.29, 0.717) is 31.3 Å². The maximum atomic E-state index is 12.6. The van der Waals surface area contributed by atoms with Crippen molar-refractivity contribution in [3.63, 3.8) is 0 Å². The standard InChI is InChI=1S/C19H27N3O2/c1-14-12-21(13-17(14)20(2)3)18(23)10-11-22-16-7-5-4-6-15(16)8-9-19(22)24/h4-7,14,17H,8-13H2,1-3H3/t14-,17-/m0/s1. The molecule has 1 aromatic carbocycles. The SMILES string of the molecule is C[C@H]1CN(C(=O)CCN2C(=O)CCc3ccccc32)C[C@@H]1N(C)C. The van der Waals surface area contributed by atoms with Crippen molar-refractivity contribution < 1.29 is 9.59 Å². The lowest BCUT2D eigenvalue weighted by Gasteiger charge is -2.30. The molecule has 0 bridgehead atoms. The smallest absolute Gasteiger partial charge is 0.227 e. The second kappa shape index (κ2) is 6.93. The molecule has 3 rings (SSSR count). The molecule has 0 spiro atoms. The van der Waals surface area contributed by atoms with E-state index in [4.69, 9.17) is 0 Å². The molecule has 2 aliphatic heterocycles. The Kier molecular flexibility index (Phi) is 4.90. The van der Waals surface area contributed by atoms with Gasteiger partial charge in [0.2, 0.25) is 11.8 Å². The number of para-hydroxylation sites is 1. The van der Waals surface area contributed by atoms with E-state index in [1.54, 1.807) is 4.90 Å². The Hall–Kier alpha value is -1.88. The number of fused-ring (bicyclic) bond motifs is 1. The van der Waals surface area contributed by atoms with Crippen molar-refractivity contribution in [2.45, 2.75) is 32.2 Å². The van der Waals surface area contributed by atoms with Crippen LogP contribution in [0.1, 0.15) is 25.3 Å². The lowest BCUT2D eigenvalue weighted by atomic mass is 10.0. The minimum absolute atomic E-state index is 0.127. The van der Waals surface area contributed by atoms with Crippen molar-refractivity contribution in [2.24, 2.45) is 5.92 Å². The van der Waals surface area contributed by atoms with Crippen LogP contribution in [0.4, 0.5) is 5.69 Å². The van der Waals surface area contributed by atoms with Crippen LogP contribution in [0.3, 0.4) is 0 Å². The Morgan fingerprint density at radius 2 is 1.96 bits per heavy atom. The molecule has 0 unspecified atom stereocenters. The highest BCUT2D eigenvalue weighted by Gasteiger charge is 2.34. The summed E-state index contributed by atoms with van der Waals surface area (Å²) in [7, 11) is 4.14. The predicted octanol–water partition coefficient (Wildman–Crippen LogP) is 1.76. The van der Waals surface area contributed by atoms with Crippen LogP contribution in [0.15, 0.2) is 24.3 Å². The summed E-state index contributed by atoms with van der Waals surface area (Å²) in [5.74, 6) is 0.769. The average molecular weight is 329 g/mol. The first-order chi connectivity index (χ1) is 11.5. The maximum absolute atomic E-state index is 12.6. The Morgan fingerprint density at radius 3 is 2.67 bits per heavy atom. The summed E-state index contributed by atoms with van der Waals surface area (Å²) < 4.78 is 0. The van der Waals surface area contributed by atoms with Gasteiger partial charge < -0.3 is 14.7 Å². The highest BCUT2D eigenvalue weighted by molar-refractivity contribution is 5.97. The van der Waals surface area contributed by atoms with Gasteiger partial charge in [-0.3, -0.25) is 9.59 Å². The van der Waals surface area contributed by atoms with Gasteiger partial charge in [0, 0.05) is 44.2 Å². The number of nitrogens with zero attached hydrogens (tertiary/aromatic N) is 3. The third-order valence-electron chi connectivity index (χ3n) is 5.33. The number of benzene rings is 1. The minimum Gasteiger partial charge on any atom is -0.341 e. The summed E-state index contributed by atoms with van der Waals surface area (Å²) >= 11 is 0. The van der Waals surface area contributed by atoms with Crippen LogP contribution >= 0.6 is 0 Å². The zero-order chi connectivity index (χ0) is 17.3. The molecule has 1 aromatic rings. The molecule has 24 heavy (non-hydrogen) atoms. The first-order valence-corrected chi connectivity index (χ1v) is 8.80. The molecule has 1 saturated heterocycles. The fourth-order valence-corrected chi connectivity index (χ4v) is 3.93. The number of hydrogen-bond donors (Lipinski definition) is 0. The summed E-state index contributed by atoms with van der Waals surface area (Å²) in [6, 6.07) is 8.43. The molecule has 5 nitrogen and oxygen atoms in total. The lowest BCUT2D eigenvalue weighted by molar-refractivity contribution is -0.130. The Morgan fingerprint density at radius 1 is 1.21 bits per heavy atom. The highest BCUT2D eigenvalue weighted by Crippen LogP contribution is 2.28. The summed E-state index contributed by atoms with van der Waals surface area (Å²) in [6.45, 7) is 4.28. The van der Waals surface area contributed by atoms with Gasteiger partial charge in [0.25, 0.3) is 0 Å². The van der Waals surface area contributed by atoms with Crippen molar-refractivity contribution in [3.05, 3.63) is 29.8 Å². The topological polar surface area (TPSA) is 43.9 Å². The number of carbonyl (C=O) groups excluding carboxylic acids is 2. The summed E-state index contributed by atoms with van der Waals surface area (Å²) in [6.07, 6.45) is 1.73.